The van der Waals surface area contributed by atoms with Crippen molar-refractivity contribution in [2.45, 2.75) is 23.2 Å². The molecular formula is C21H13ClF6IN3O. The number of amides is 1. The molecule has 0 aliphatic carbocycles. The van der Waals surface area contributed by atoms with Crippen LogP contribution in [0.15, 0.2) is 42.5 Å². The highest BCUT2D eigenvalue weighted by atomic mass is 127. The molecule has 0 unspecified atom stereocenters. The van der Waals surface area contributed by atoms with Crippen LogP contribution in [0.2, 0.25) is 5.02 Å². The highest BCUT2D eigenvalue weighted by Gasteiger charge is 2.39. The van der Waals surface area contributed by atoms with E-state index in [1.54, 1.807) is 0 Å². The lowest BCUT2D eigenvalue weighted by molar-refractivity contribution is -0.137. The summed E-state index contributed by atoms with van der Waals surface area (Å²) in [5, 5.41) is -0.726. The van der Waals surface area contributed by atoms with E-state index in [0.29, 0.717) is 5.56 Å². The molecule has 0 spiro atoms. The van der Waals surface area contributed by atoms with E-state index >= 15 is 0 Å². The normalized spacial score (nSPS) is 14.4. The number of hydrogen-bond acceptors (Lipinski definition) is 2. The molecule has 1 amide bonds. The fraction of sp³-hybridized carbons (Fsp3) is 0.238. The molecule has 0 fully saturated rings. The molecule has 174 valence electrons. The molecule has 0 radical (unpaired) electrons. The summed E-state index contributed by atoms with van der Waals surface area (Å²) in [6, 6.07) is 8.00. The van der Waals surface area contributed by atoms with E-state index < -0.39 is 38.1 Å². The maximum Gasteiger partial charge on any atom is 0.417 e. The zero-order valence-electron chi connectivity index (χ0n) is 16.4. The summed E-state index contributed by atoms with van der Waals surface area (Å²) >= 11 is 6.81. The molecule has 33 heavy (non-hydrogen) atoms. The molecule has 0 saturated heterocycles. The third kappa shape index (κ3) is 4.57. The predicted octanol–water partition coefficient (Wildman–Crippen LogP) is 6.50. The second-order valence-electron chi connectivity index (χ2n) is 7.27. The highest BCUT2D eigenvalue weighted by Crippen LogP contribution is 2.42. The first kappa shape index (κ1) is 23.9. The van der Waals surface area contributed by atoms with Gasteiger partial charge in [0.25, 0.3) is 5.91 Å². The van der Waals surface area contributed by atoms with E-state index in [9.17, 15) is 31.1 Å². The van der Waals surface area contributed by atoms with Gasteiger partial charge in [0.2, 0.25) is 0 Å². The molecule has 4 rings (SSSR count). The summed E-state index contributed by atoms with van der Waals surface area (Å²) in [7, 11) is 0. The lowest BCUT2D eigenvalue weighted by Crippen LogP contribution is -2.38. The van der Waals surface area contributed by atoms with Gasteiger partial charge in [-0.2, -0.15) is 22.0 Å². The van der Waals surface area contributed by atoms with Crippen molar-refractivity contribution in [1.29, 1.82) is 0 Å². The Hall–Kier alpha value is -2.28. The van der Waals surface area contributed by atoms with Gasteiger partial charge in [-0.15, -0.1) is 0 Å². The van der Waals surface area contributed by atoms with Gasteiger partial charge in [-0.1, -0.05) is 17.7 Å². The van der Waals surface area contributed by atoms with Crippen molar-refractivity contribution in [1.82, 2.24) is 14.5 Å². The SMILES string of the molecule is O=C(c1cccc(C(F)(F)F)c1Cl)N1CCn2c(nc(C(F)(F)I)c2-c2ccc(F)cc2)C1. The van der Waals surface area contributed by atoms with Crippen LogP contribution in [-0.2, 0) is 23.2 Å². The molecule has 0 saturated carbocycles. The van der Waals surface area contributed by atoms with Gasteiger partial charge in [0, 0.05) is 41.2 Å². The Morgan fingerprint density at radius 2 is 1.70 bits per heavy atom. The summed E-state index contributed by atoms with van der Waals surface area (Å²) in [5.41, 5.74) is -1.62. The number of hydrogen-bond donors (Lipinski definition) is 0. The number of aromatic nitrogens is 2. The largest absolute Gasteiger partial charge is 0.417 e. The third-order valence-corrected chi connectivity index (χ3v) is 6.10. The fourth-order valence-electron chi connectivity index (χ4n) is 3.69. The van der Waals surface area contributed by atoms with Gasteiger partial charge in [0.05, 0.1) is 28.4 Å². The van der Waals surface area contributed by atoms with E-state index in [2.05, 4.69) is 4.98 Å². The third-order valence-electron chi connectivity index (χ3n) is 5.18. The van der Waals surface area contributed by atoms with Crippen LogP contribution in [0.4, 0.5) is 26.3 Å². The lowest BCUT2D eigenvalue weighted by Gasteiger charge is -2.29. The summed E-state index contributed by atoms with van der Waals surface area (Å²) in [6.07, 6.45) is -4.74. The van der Waals surface area contributed by atoms with Crippen molar-refractivity contribution in [3.63, 3.8) is 0 Å². The Balaban J connectivity index is 1.72. The monoisotopic (exact) mass is 599 g/mol. The number of fused-ring (bicyclic) bond motifs is 1. The maximum atomic E-state index is 14.3. The van der Waals surface area contributed by atoms with Gasteiger partial charge >= 0.3 is 10.1 Å². The quantitative estimate of drug-likeness (QED) is 0.196. The Labute approximate surface area is 202 Å². The van der Waals surface area contributed by atoms with Crippen LogP contribution in [0.5, 0.6) is 0 Å². The van der Waals surface area contributed by atoms with E-state index in [1.807, 2.05) is 0 Å². The first-order valence-corrected chi connectivity index (χ1v) is 10.9. The van der Waals surface area contributed by atoms with Crippen LogP contribution >= 0.6 is 34.2 Å². The highest BCUT2D eigenvalue weighted by molar-refractivity contribution is 14.1. The first-order valence-electron chi connectivity index (χ1n) is 9.45. The number of carbonyl (C=O) groups excluding carboxylic acids is 1. The van der Waals surface area contributed by atoms with Gasteiger partial charge in [-0.25, -0.2) is 9.37 Å². The van der Waals surface area contributed by atoms with Gasteiger partial charge < -0.3 is 9.47 Å². The number of nitrogens with zero attached hydrogens (tertiary/aromatic N) is 3. The van der Waals surface area contributed by atoms with Crippen LogP contribution in [0.25, 0.3) is 11.3 Å². The van der Waals surface area contributed by atoms with Gasteiger partial charge in [-0.05, 0) is 36.4 Å². The van der Waals surface area contributed by atoms with Gasteiger partial charge in [-0.3, -0.25) is 4.79 Å². The maximum absolute atomic E-state index is 14.3. The molecule has 1 aliphatic heterocycles. The minimum absolute atomic E-state index is 0.0230. The average molecular weight is 600 g/mol. The van der Waals surface area contributed by atoms with Crippen LogP contribution < -0.4 is 0 Å². The van der Waals surface area contributed by atoms with Crippen LogP contribution in [0.1, 0.15) is 27.4 Å². The fourth-order valence-corrected chi connectivity index (χ4v) is 4.38. The van der Waals surface area contributed by atoms with Crippen LogP contribution in [0.3, 0.4) is 0 Å². The molecule has 1 aliphatic rings. The average Bonchev–Trinajstić information content (AvgIpc) is 3.12. The van der Waals surface area contributed by atoms with E-state index in [-0.39, 0.29) is 36.7 Å². The number of halogens is 8. The van der Waals surface area contributed by atoms with Crippen molar-refractivity contribution in [3.8, 4) is 11.3 Å². The summed E-state index contributed by atoms with van der Waals surface area (Å²) in [5.74, 6) is -1.18. The Kier molecular flexibility index (Phi) is 6.14. The smallest absolute Gasteiger partial charge is 0.329 e. The number of imidazole rings is 1. The molecule has 0 N–H and O–H groups in total. The molecule has 4 nitrogen and oxygen atoms in total. The molecule has 0 bridgehead atoms. The second kappa shape index (κ2) is 8.49. The predicted molar refractivity (Wildman–Crippen MR) is 117 cm³/mol. The molecule has 12 heteroatoms. The molecule has 2 heterocycles. The second-order valence-corrected chi connectivity index (χ2v) is 9.01. The van der Waals surface area contributed by atoms with Gasteiger partial charge in [0.15, 0.2) is 0 Å². The number of alkyl halides is 6. The van der Waals surface area contributed by atoms with Crippen LogP contribution in [-0.4, -0.2) is 26.9 Å². The molecule has 1 aromatic heterocycles. The summed E-state index contributed by atoms with van der Waals surface area (Å²) < 4.78 is 79.6. The number of benzene rings is 2. The van der Waals surface area contributed by atoms with Crippen molar-refractivity contribution in [3.05, 3.63) is 75.9 Å². The Morgan fingerprint density at radius 3 is 2.30 bits per heavy atom. The number of rotatable bonds is 3. The molecular weight excluding hydrogens is 587 g/mol. The zero-order chi connectivity index (χ0) is 24.1. The van der Waals surface area contributed by atoms with Crippen molar-refractivity contribution < 1.29 is 31.1 Å². The first-order chi connectivity index (χ1) is 15.4. The Bertz CT molecular complexity index is 1220. The van der Waals surface area contributed by atoms with E-state index in [4.69, 9.17) is 11.6 Å². The van der Waals surface area contributed by atoms with Crippen LogP contribution in [0, 0.1) is 5.82 Å². The van der Waals surface area contributed by atoms with Crippen molar-refractivity contribution >= 4 is 40.1 Å². The minimum Gasteiger partial charge on any atom is -0.329 e. The minimum atomic E-state index is -4.74. The van der Waals surface area contributed by atoms with Crippen molar-refractivity contribution in [2.24, 2.45) is 0 Å². The standard InChI is InChI=1S/C21H13ClF6IN3O/c22-16-13(2-1-3-14(16)20(24,25)26)19(33)31-8-9-32-15(10-31)30-18(21(27,28)29)17(32)11-4-6-12(23)7-5-11/h1-7H,8-10H2. The Morgan fingerprint density at radius 1 is 1.03 bits per heavy atom. The molecule has 2 aromatic carbocycles. The zero-order valence-corrected chi connectivity index (χ0v) is 19.3. The van der Waals surface area contributed by atoms with Crippen molar-refractivity contribution in [2.75, 3.05) is 6.54 Å². The van der Waals surface area contributed by atoms with E-state index in [1.165, 1.54) is 27.7 Å². The van der Waals surface area contributed by atoms with E-state index in [0.717, 1.165) is 46.9 Å². The molecule has 3 aromatic rings. The lowest BCUT2D eigenvalue weighted by atomic mass is 10.1. The van der Waals surface area contributed by atoms with Gasteiger partial charge in [0.1, 0.15) is 17.3 Å². The molecule has 0 atom stereocenters. The topological polar surface area (TPSA) is 38.1 Å². The summed E-state index contributed by atoms with van der Waals surface area (Å²) in [6.45, 7) is -0.133. The number of carbonyl (C=O) groups is 1. The summed E-state index contributed by atoms with van der Waals surface area (Å²) in [4.78, 5) is 18.2.